The molecule has 4 aromatic carbocycles. The van der Waals surface area contributed by atoms with Crippen molar-refractivity contribution in [1.29, 1.82) is 0 Å². The molecule has 3 nitrogen and oxygen atoms in total. The standard InChI is InChI=1S/C27H20NO.C17H22NSi.Ir/c1-2-7-18(8-3-1)20-13-14-25-24(17-20)22-11-6-12-23(27(22)29-25)26-21-10-5-4-9-19(21)15-16-28-26;1-13(2)15-11-16(14-9-7-6-8-10-14)18-12-17(15)19(3,4)5;/h1-3,6-8,11,13-17H,4-5,9-10H2;6-9,11-13H,1-5H3;/q2*-1;. The molecule has 7 aromatic rings. The van der Waals surface area contributed by atoms with Crippen molar-refractivity contribution in [2.24, 2.45) is 0 Å². The van der Waals surface area contributed by atoms with Crippen LogP contribution in [0.4, 0.5) is 0 Å². The summed E-state index contributed by atoms with van der Waals surface area (Å²) in [6, 6.07) is 40.2. The molecule has 0 spiro atoms. The summed E-state index contributed by atoms with van der Waals surface area (Å²) in [6.07, 6.45) is 8.74. The number of hydrogen-bond donors (Lipinski definition) is 0. The minimum Gasteiger partial charge on any atom is -0.501 e. The van der Waals surface area contributed by atoms with Crippen molar-refractivity contribution in [3.05, 3.63) is 138 Å². The van der Waals surface area contributed by atoms with Gasteiger partial charge in [0, 0.05) is 37.9 Å². The van der Waals surface area contributed by atoms with Crippen LogP contribution in [0.5, 0.6) is 0 Å². The van der Waals surface area contributed by atoms with Crippen molar-refractivity contribution in [3.63, 3.8) is 0 Å². The van der Waals surface area contributed by atoms with E-state index in [4.69, 9.17) is 9.40 Å². The summed E-state index contributed by atoms with van der Waals surface area (Å²) in [5, 5.41) is 3.74. The second-order valence-electron chi connectivity index (χ2n) is 14.1. The van der Waals surface area contributed by atoms with E-state index < -0.39 is 8.07 Å². The summed E-state index contributed by atoms with van der Waals surface area (Å²) in [4.78, 5) is 9.42. The molecule has 5 heteroatoms. The number of aromatic nitrogens is 2. The molecule has 0 saturated heterocycles. The second kappa shape index (κ2) is 14.8. The average Bonchev–Trinajstić information content (AvgIpc) is 3.50. The summed E-state index contributed by atoms with van der Waals surface area (Å²) >= 11 is 0. The van der Waals surface area contributed by atoms with E-state index in [0.717, 1.165) is 57.3 Å². The molecule has 0 atom stereocenters. The van der Waals surface area contributed by atoms with Gasteiger partial charge in [-0.3, -0.25) is 0 Å². The monoisotopic (exact) mass is 835 g/mol. The first-order valence-electron chi connectivity index (χ1n) is 17.1. The molecule has 249 valence electrons. The normalized spacial score (nSPS) is 12.7. The van der Waals surface area contributed by atoms with Gasteiger partial charge in [-0.2, -0.15) is 0 Å². The molecule has 0 bridgehead atoms. The second-order valence-corrected chi connectivity index (χ2v) is 19.2. The van der Waals surface area contributed by atoms with Gasteiger partial charge in [0.05, 0.1) is 13.7 Å². The Kier molecular flexibility index (Phi) is 10.5. The SMILES string of the molecule is CC(C)c1cc(-c2[c-]cccc2)ncc1[Si](C)(C)C.[Ir].[c-]1ccc2c(oc3ccc(-c4ccccc4)cc32)c1-c1nccc2c1CCCC2. The fourth-order valence-corrected chi connectivity index (χ4v) is 8.56. The number of pyridine rings is 2. The van der Waals surface area contributed by atoms with Crippen molar-refractivity contribution in [2.45, 2.75) is 65.1 Å². The molecule has 0 unspecified atom stereocenters. The van der Waals surface area contributed by atoms with Crippen LogP contribution in [-0.4, -0.2) is 18.0 Å². The maximum atomic E-state index is 6.35. The maximum Gasteiger partial charge on any atom is 0.120 e. The van der Waals surface area contributed by atoms with Crippen LogP contribution in [-0.2, 0) is 32.9 Å². The first-order valence-corrected chi connectivity index (χ1v) is 20.6. The van der Waals surface area contributed by atoms with Crippen molar-refractivity contribution < 1.29 is 24.5 Å². The Morgan fingerprint density at radius 3 is 2.31 bits per heavy atom. The zero-order valence-electron chi connectivity index (χ0n) is 28.9. The van der Waals surface area contributed by atoms with E-state index in [2.05, 4.69) is 124 Å². The number of hydrogen-bond acceptors (Lipinski definition) is 3. The summed E-state index contributed by atoms with van der Waals surface area (Å²) in [5.74, 6) is 0.534. The molecule has 0 amide bonds. The average molecular weight is 835 g/mol. The molecule has 3 heterocycles. The van der Waals surface area contributed by atoms with E-state index in [0.29, 0.717) is 5.92 Å². The smallest absolute Gasteiger partial charge is 0.120 e. The van der Waals surface area contributed by atoms with Gasteiger partial charge in [0.15, 0.2) is 0 Å². The van der Waals surface area contributed by atoms with Gasteiger partial charge in [-0.15, -0.1) is 54.1 Å². The van der Waals surface area contributed by atoms with Crippen molar-refractivity contribution in [1.82, 2.24) is 9.97 Å². The number of benzene rings is 4. The first kappa shape index (κ1) is 34.7. The van der Waals surface area contributed by atoms with Gasteiger partial charge in [0.2, 0.25) is 0 Å². The van der Waals surface area contributed by atoms with Gasteiger partial charge in [-0.25, -0.2) is 0 Å². The Morgan fingerprint density at radius 2 is 1.55 bits per heavy atom. The molecule has 0 fully saturated rings. The van der Waals surface area contributed by atoms with Crippen LogP contribution in [0.3, 0.4) is 0 Å². The Hall–Kier alpha value is -4.15. The van der Waals surface area contributed by atoms with Crippen LogP contribution in [0, 0.1) is 12.1 Å². The quantitative estimate of drug-likeness (QED) is 0.128. The molecule has 1 aliphatic carbocycles. The number of rotatable bonds is 5. The maximum absolute atomic E-state index is 6.35. The molecule has 0 saturated carbocycles. The van der Waals surface area contributed by atoms with Gasteiger partial charge in [-0.05, 0) is 77.5 Å². The molecular weight excluding hydrogens is 793 g/mol. The largest absolute Gasteiger partial charge is 0.501 e. The van der Waals surface area contributed by atoms with Crippen LogP contribution >= 0.6 is 0 Å². The van der Waals surface area contributed by atoms with E-state index in [1.165, 1.54) is 45.8 Å². The van der Waals surface area contributed by atoms with Crippen LogP contribution in [0.2, 0.25) is 19.6 Å². The zero-order valence-corrected chi connectivity index (χ0v) is 32.3. The van der Waals surface area contributed by atoms with Gasteiger partial charge in [0.1, 0.15) is 5.58 Å². The third kappa shape index (κ3) is 7.26. The van der Waals surface area contributed by atoms with E-state index in [1.54, 1.807) is 0 Å². The molecule has 8 rings (SSSR count). The molecule has 1 aliphatic rings. The topological polar surface area (TPSA) is 38.9 Å². The van der Waals surface area contributed by atoms with E-state index in [-0.39, 0.29) is 20.1 Å². The van der Waals surface area contributed by atoms with E-state index >= 15 is 0 Å². The minimum absolute atomic E-state index is 0. The van der Waals surface area contributed by atoms with Crippen LogP contribution in [0.25, 0.3) is 55.6 Å². The molecule has 49 heavy (non-hydrogen) atoms. The van der Waals surface area contributed by atoms with Crippen LogP contribution in [0.1, 0.15) is 49.3 Å². The van der Waals surface area contributed by atoms with Crippen molar-refractivity contribution in [3.8, 4) is 33.6 Å². The van der Waals surface area contributed by atoms with Gasteiger partial charge in [0.25, 0.3) is 0 Å². The number of nitrogens with zero attached hydrogens (tertiary/aromatic N) is 2. The fraction of sp³-hybridized carbons (Fsp3) is 0.227. The van der Waals surface area contributed by atoms with E-state index in [1.807, 2.05) is 36.5 Å². The van der Waals surface area contributed by atoms with E-state index in [9.17, 15) is 0 Å². The molecule has 0 N–H and O–H groups in total. The Labute approximate surface area is 305 Å². The molecule has 3 aromatic heterocycles. The third-order valence-corrected chi connectivity index (χ3v) is 11.4. The Morgan fingerprint density at radius 1 is 0.755 bits per heavy atom. The summed E-state index contributed by atoms with van der Waals surface area (Å²) < 4.78 is 6.35. The zero-order chi connectivity index (χ0) is 33.3. The van der Waals surface area contributed by atoms with Gasteiger partial charge < -0.3 is 14.4 Å². The summed E-state index contributed by atoms with van der Waals surface area (Å²) in [7, 11) is -1.34. The van der Waals surface area contributed by atoms with Crippen molar-refractivity contribution in [2.75, 3.05) is 0 Å². The predicted octanol–water partition coefficient (Wildman–Crippen LogP) is 11.2. The van der Waals surface area contributed by atoms with Crippen LogP contribution in [0.15, 0.2) is 114 Å². The van der Waals surface area contributed by atoms with Crippen molar-refractivity contribution >= 4 is 35.2 Å². The first-order chi connectivity index (χ1) is 23.3. The predicted molar refractivity (Wildman–Crippen MR) is 203 cm³/mol. The summed E-state index contributed by atoms with van der Waals surface area (Å²) in [5.41, 5.74) is 12.6. The Balaban J connectivity index is 0.000000183. The van der Waals surface area contributed by atoms with Gasteiger partial charge >= 0.3 is 0 Å². The number of fused-ring (bicyclic) bond motifs is 4. The third-order valence-electron chi connectivity index (χ3n) is 9.40. The fourth-order valence-electron chi connectivity index (χ4n) is 6.88. The number of aryl methyl sites for hydroxylation is 1. The minimum atomic E-state index is -1.34. The van der Waals surface area contributed by atoms with Gasteiger partial charge in [-0.1, -0.05) is 104 Å². The molecule has 1 radical (unpaired) electrons. The Bertz CT molecular complexity index is 2200. The number of furan rings is 1. The molecule has 0 aliphatic heterocycles. The van der Waals surface area contributed by atoms with Crippen LogP contribution < -0.4 is 5.19 Å². The molecular formula is C44H42IrN2OSi-2. The summed E-state index contributed by atoms with van der Waals surface area (Å²) in [6.45, 7) is 11.7.